The summed E-state index contributed by atoms with van der Waals surface area (Å²) in [6, 6.07) is 9.71. The molecule has 9 heteroatoms. The third kappa shape index (κ3) is 5.78. The molecular weight excluding hydrogens is 398 g/mol. The SMILES string of the molecule is COc1ccc(C(=O)COC(=O)c2cccc(S(=O)(=O)NC(C)C)c2)cc1OC. The zero-order valence-corrected chi connectivity index (χ0v) is 17.4. The zero-order valence-electron chi connectivity index (χ0n) is 16.6. The minimum Gasteiger partial charge on any atom is -0.493 e. The minimum absolute atomic E-state index is 0.0248. The monoisotopic (exact) mass is 421 g/mol. The van der Waals surface area contributed by atoms with Crippen LogP contribution in [0, 0.1) is 0 Å². The quantitative estimate of drug-likeness (QED) is 0.489. The van der Waals surface area contributed by atoms with Gasteiger partial charge in [0.2, 0.25) is 10.0 Å². The molecule has 156 valence electrons. The van der Waals surface area contributed by atoms with E-state index >= 15 is 0 Å². The Balaban J connectivity index is 2.10. The Hall–Kier alpha value is -2.91. The van der Waals surface area contributed by atoms with Crippen molar-refractivity contribution in [3.63, 3.8) is 0 Å². The van der Waals surface area contributed by atoms with E-state index in [0.29, 0.717) is 11.5 Å². The molecule has 0 radical (unpaired) electrons. The van der Waals surface area contributed by atoms with Gasteiger partial charge in [-0.05, 0) is 50.2 Å². The van der Waals surface area contributed by atoms with Gasteiger partial charge in [-0.2, -0.15) is 0 Å². The summed E-state index contributed by atoms with van der Waals surface area (Å²) in [4.78, 5) is 24.5. The Morgan fingerprint density at radius 3 is 2.28 bits per heavy atom. The summed E-state index contributed by atoms with van der Waals surface area (Å²) in [6.07, 6.45) is 0. The first-order valence-corrected chi connectivity index (χ1v) is 10.2. The average molecular weight is 421 g/mol. The van der Waals surface area contributed by atoms with Crippen LogP contribution in [-0.2, 0) is 14.8 Å². The smallest absolute Gasteiger partial charge is 0.338 e. The van der Waals surface area contributed by atoms with Crippen molar-refractivity contribution in [2.45, 2.75) is 24.8 Å². The van der Waals surface area contributed by atoms with E-state index in [0.717, 1.165) is 0 Å². The Kier molecular flexibility index (Phi) is 7.35. The number of ketones is 1. The average Bonchev–Trinajstić information content (AvgIpc) is 2.70. The molecule has 0 saturated heterocycles. The van der Waals surface area contributed by atoms with Crippen LogP contribution in [0.2, 0.25) is 0 Å². The van der Waals surface area contributed by atoms with Gasteiger partial charge in [0, 0.05) is 11.6 Å². The van der Waals surface area contributed by atoms with Crippen LogP contribution in [-0.4, -0.2) is 47.0 Å². The lowest BCUT2D eigenvalue weighted by Gasteiger charge is -2.11. The Morgan fingerprint density at radius 1 is 0.966 bits per heavy atom. The van der Waals surface area contributed by atoms with Crippen LogP contribution in [0.1, 0.15) is 34.6 Å². The molecule has 0 aliphatic carbocycles. The maximum Gasteiger partial charge on any atom is 0.338 e. The van der Waals surface area contributed by atoms with E-state index < -0.39 is 28.4 Å². The highest BCUT2D eigenvalue weighted by atomic mass is 32.2. The maximum absolute atomic E-state index is 12.3. The van der Waals surface area contributed by atoms with Crippen LogP contribution in [0.25, 0.3) is 0 Å². The molecule has 0 aliphatic heterocycles. The predicted octanol–water partition coefficient (Wildman–Crippen LogP) is 2.43. The van der Waals surface area contributed by atoms with Crippen LogP contribution in [0.5, 0.6) is 11.5 Å². The first-order chi connectivity index (χ1) is 13.7. The van der Waals surface area contributed by atoms with E-state index in [2.05, 4.69) is 4.72 Å². The van der Waals surface area contributed by atoms with Crippen molar-refractivity contribution < 1.29 is 32.2 Å². The second-order valence-corrected chi connectivity index (χ2v) is 8.09. The first-order valence-electron chi connectivity index (χ1n) is 8.72. The number of hydrogen-bond donors (Lipinski definition) is 1. The van der Waals surface area contributed by atoms with E-state index in [4.69, 9.17) is 14.2 Å². The van der Waals surface area contributed by atoms with Gasteiger partial charge in [-0.25, -0.2) is 17.9 Å². The molecule has 0 bridgehead atoms. The minimum atomic E-state index is -3.75. The molecular formula is C20H23NO7S. The molecule has 0 aliphatic rings. The molecule has 0 atom stereocenters. The number of ether oxygens (including phenoxy) is 3. The summed E-state index contributed by atoms with van der Waals surface area (Å²) in [5.74, 6) is -0.403. The van der Waals surface area contributed by atoms with Gasteiger partial charge in [-0.15, -0.1) is 0 Å². The molecule has 0 heterocycles. The zero-order chi connectivity index (χ0) is 21.6. The van der Waals surface area contributed by atoms with Gasteiger partial charge in [-0.1, -0.05) is 6.07 Å². The molecule has 2 rings (SSSR count). The van der Waals surface area contributed by atoms with Crippen LogP contribution < -0.4 is 14.2 Å². The summed E-state index contributed by atoms with van der Waals surface area (Å²) in [5.41, 5.74) is 0.310. The second-order valence-electron chi connectivity index (χ2n) is 6.37. The summed E-state index contributed by atoms with van der Waals surface area (Å²) in [6.45, 7) is 2.88. The van der Waals surface area contributed by atoms with Crippen molar-refractivity contribution in [2.75, 3.05) is 20.8 Å². The number of carbonyl (C=O) groups is 2. The number of rotatable bonds is 9. The lowest BCUT2D eigenvalue weighted by Crippen LogP contribution is -2.30. The van der Waals surface area contributed by atoms with Crippen molar-refractivity contribution in [1.29, 1.82) is 0 Å². The van der Waals surface area contributed by atoms with Crippen molar-refractivity contribution in [2.24, 2.45) is 0 Å². The number of sulfonamides is 1. The Bertz CT molecular complexity index is 1000. The highest BCUT2D eigenvalue weighted by Crippen LogP contribution is 2.27. The molecule has 1 N–H and O–H groups in total. The number of hydrogen-bond acceptors (Lipinski definition) is 7. The van der Waals surface area contributed by atoms with Crippen molar-refractivity contribution >= 4 is 21.8 Å². The van der Waals surface area contributed by atoms with E-state index in [-0.39, 0.29) is 22.1 Å². The molecule has 0 amide bonds. The second kappa shape index (κ2) is 9.53. The molecule has 2 aromatic rings. The van der Waals surface area contributed by atoms with Crippen LogP contribution in [0.4, 0.5) is 0 Å². The molecule has 0 unspecified atom stereocenters. The van der Waals surface area contributed by atoms with Gasteiger partial charge in [0.05, 0.1) is 24.7 Å². The van der Waals surface area contributed by atoms with Gasteiger partial charge in [0.15, 0.2) is 23.9 Å². The van der Waals surface area contributed by atoms with Crippen LogP contribution >= 0.6 is 0 Å². The molecule has 0 spiro atoms. The van der Waals surface area contributed by atoms with Gasteiger partial charge in [-0.3, -0.25) is 4.79 Å². The highest BCUT2D eigenvalue weighted by molar-refractivity contribution is 7.89. The molecule has 29 heavy (non-hydrogen) atoms. The van der Waals surface area contributed by atoms with Crippen molar-refractivity contribution in [3.05, 3.63) is 53.6 Å². The third-order valence-corrected chi connectivity index (χ3v) is 5.47. The third-order valence-electron chi connectivity index (χ3n) is 3.81. The van der Waals surface area contributed by atoms with E-state index in [1.807, 2.05) is 0 Å². The number of benzene rings is 2. The maximum atomic E-state index is 12.3. The standard InChI is InChI=1S/C20H23NO7S/c1-13(2)21-29(24,25)16-7-5-6-15(10-16)20(23)28-12-17(22)14-8-9-18(26-3)19(11-14)27-4/h5-11,13,21H,12H2,1-4H3. The predicted molar refractivity (Wildman–Crippen MR) is 106 cm³/mol. The van der Waals surface area contributed by atoms with Crippen LogP contribution in [0.15, 0.2) is 47.4 Å². The normalized spacial score (nSPS) is 11.2. The van der Waals surface area contributed by atoms with Crippen LogP contribution in [0.3, 0.4) is 0 Å². The molecule has 0 saturated carbocycles. The number of methoxy groups -OCH3 is 2. The fraction of sp³-hybridized carbons (Fsp3) is 0.300. The fourth-order valence-corrected chi connectivity index (χ4v) is 3.77. The molecule has 0 fully saturated rings. The summed E-state index contributed by atoms with van der Waals surface area (Å²) in [7, 11) is -0.831. The van der Waals surface area contributed by atoms with Gasteiger partial charge in [0.25, 0.3) is 0 Å². The fourth-order valence-electron chi connectivity index (χ4n) is 2.48. The van der Waals surface area contributed by atoms with Gasteiger partial charge in [0.1, 0.15) is 0 Å². The first kappa shape index (κ1) is 22.4. The van der Waals surface area contributed by atoms with Gasteiger partial charge < -0.3 is 14.2 Å². The summed E-state index contributed by atoms with van der Waals surface area (Å²) < 4.78 is 42.2. The lowest BCUT2D eigenvalue weighted by atomic mass is 10.1. The van der Waals surface area contributed by atoms with E-state index in [1.54, 1.807) is 19.9 Å². The largest absolute Gasteiger partial charge is 0.493 e. The Morgan fingerprint density at radius 2 is 1.66 bits per heavy atom. The summed E-state index contributed by atoms with van der Waals surface area (Å²) in [5, 5.41) is 0. The number of carbonyl (C=O) groups excluding carboxylic acids is 2. The number of esters is 1. The summed E-state index contributed by atoms with van der Waals surface area (Å²) >= 11 is 0. The van der Waals surface area contributed by atoms with E-state index in [1.165, 1.54) is 50.6 Å². The highest BCUT2D eigenvalue weighted by Gasteiger charge is 2.19. The van der Waals surface area contributed by atoms with Gasteiger partial charge >= 0.3 is 5.97 Å². The molecule has 2 aromatic carbocycles. The number of nitrogens with one attached hydrogen (secondary N) is 1. The molecule has 0 aromatic heterocycles. The Labute approximate surface area is 169 Å². The molecule has 8 nitrogen and oxygen atoms in total. The lowest BCUT2D eigenvalue weighted by molar-refractivity contribution is 0.0474. The topological polar surface area (TPSA) is 108 Å². The van der Waals surface area contributed by atoms with E-state index in [9.17, 15) is 18.0 Å². The van der Waals surface area contributed by atoms with Crippen molar-refractivity contribution in [1.82, 2.24) is 4.72 Å². The van der Waals surface area contributed by atoms with Crippen molar-refractivity contribution in [3.8, 4) is 11.5 Å². The number of Topliss-reactive ketones (excluding diaryl/α,β-unsaturated/α-hetero) is 1.